The van der Waals surface area contributed by atoms with Gasteiger partial charge in [0, 0.05) is 18.4 Å². The fraction of sp³-hybridized carbons (Fsp3) is 0.318. The van der Waals surface area contributed by atoms with Gasteiger partial charge in [0.2, 0.25) is 0 Å². The van der Waals surface area contributed by atoms with Crippen molar-refractivity contribution in [3.63, 3.8) is 0 Å². The highest BCUT2D eigenvalue weighted by Crippen LogP contribution is 2.38. The summed E-state index contributed by atoms with van der Waals surface area (Å²) in [5, 5.41) is 0. The van der Waals surface area contributed by atoms with E-state index in [9.17, 15) is 0 Å². The molecule has 2 heteroatoms. The molecule has 1 saturated carbocycles. The van der Waals surface area contributed by atoms with E-state index in [4.69, 9.17) is 9.47 Å². The van der Waals surface area contributed by atoms with Crippen molar-refractivity contribution in [3.8, 4) is 0 Å². The van der Waals surface area contributed by atoms with E-state index in [-0.39, 0.29) is 5.79 Å². The second kappa shape index (κ2) is 6.78. The minimum absolute atomic E-state index is 0.315. The summed E-state index contributed by atoms with van der Waals surface area (Å²) in [4.78, 5) is 0. The summed E-state index contributed by atoms with van der Waals surface area (Å²) in [5.74, 6) is -0.315. The van der Waals surface area contributed by atoms with Gasteiger partial charge in [0.15, 0.2) is 5.79 Å². The maximum atomic E-state index is 5.83. The highest BCUT2D eigenvalue weighted by atomic mass is 16.7. The van der Waals surface area contributed by atoms with Crippen LogP contribution in [0.4, 0.5) is 0 Å². The molecule has 0 atom stereocenters. The van der Waals surface area contributed by atoms with E-state index >= 15 is 0 Å². The van der Waals surface area contributed by atoms with Gasteiger partial charge >= 0.3 is 0 Å². The van der Waals surface area contributed by atoms with Gasteiger partial charge in [0.05, 0.1) is 13.2 Å². The molecule has 1 heterocycles. The maximum Gasteiger partial charge on any atom is 0.169 e. The molecule has 2 aromatic rings. The summed E-state index contributed by atoms with van der Waals surface area (Å²) >= 11 is 0. The molecule has 0 amide bonds. The molecule has 122 valence electrons. The van der Waals surface area contributed by atoms with Crippen LogP contribution >= 0.6 is 0 Å². The van der Waals surface area contributed by atoms with E-state index in [2.05, 4.69) is 66.4 Å². The zero-order chi connectivity index (χ0) is 16.2. The Balaban J connectivity index is 1.70. The molecule has 1 spiro atoms. The molecule has 2 aromatic carbocycles. The molecule has 2 fully saturated rings. The Hall–Kier alpha value is -2.12. The normalized spacial score (nSPS) is 19.2. The molecular weight excluding hydrogens is 296 g/mol. The minimum atomic E-state index is -0.315. The molecule has 4 rings (SSSR count). The van der Waals surface area contributed by atoms with E-state index in [1.54, 1.807) is 0 Å². The number of ether oxygens (including phenoxy) is 2. The fourth-order valence-electron chi connectivity index (χ4n) is 3.54. The molecule has 0 aromatic heterocycles. The van der Waals surface area contributed by atoms with Crippen molar-refractivity contribution in [2.75, 3.05) is 13.2 Å². The number of benzene rings is 2. The summed E-state index contributed by atoms with van der Waals surface area (Å²) in [5.41, 5.74) is 8.68. The lowest BCUT2D eigenvalue weighted by molar-refractivity contribution is -0.171. The van der Waals surface area contributed by atoms with Crippen LogP contribution in [0.3, 0.4) is 0 Å². The Morgan fingerprint density at radius 3 is 1.75 bits per heavy atom. The molecule has 2 aliphatic rings. The number of hydrogen-bond donors (Lipinski definition) is 0. The van der Waals surface area contributed by atoms with Crippen LogP contribution in [0.25, 0.3) is 5.57 Å². The van der Waals surface area contributed by atoms with E-state index in [0.29, 0.717) is 0 Å². The second-order valence-electron chi connectivity index (χ2n) is 6.44. The lowest BCUT2D eigenvalue weighted by Gasteiger charge is -2.31. The molecule has 24 heavy (non-hydrogen) atoms. The van der Waals surface area contributed by atoms with Crippen LogP contribution in [0, 0.1) is 0 Å². The van der Waals surface area contributed by atoms with E-state index in [0.717, 1.165) is 38.9 Å². The second-order valence-corrected chi connectivity index (χ2v) is 6.44. The van der Waals surface area contributed by atoms with Crippen molar-refractivity contribution >= 4 is 5.57 Å². The summed E-state index contributed by atoms with van der Waals surface area (Å²) in [6, 6.07) is 21.1. The van der Waals surface area contributed by atoms with Crippen LogP contribution in [0.15, 0.2) is 72.0 Å². The Morgan fingerprint density at radius 2 is 1.25 bits per heavy atom. The van der Waals surface area contributed by atoms with Gasteiger partial charge in [-0.15, -0.1) is 5.73 Å². The van der Waals surface area contributed by atoms with Crippen molar-refractivity contribution in [1.29, 1.82) is 0 Å². The van der Waals surface area contributed by atoms with Gasteiger partial charge in [0.1, 0.15) is 0 Å². The summed E-state index contributed by atoms with van der Waals surface area (Å²) < 4.78 is 11.7. The average molecular weight is 318 g/mol. The zero-order valence-electron chi connectivity index (χ0n) is 13.8. The number of hydrogen-bond acceptors (Lipinski definition) is 2. The van der Waals surface area contributed by atoms with Crippen LogP contribution in [0.2, 0.25) is 0 Å². The van der Waals surface area contributed by atoms with Crippen molar-refractivity contribution < 1.29 is 9.47 Å². The summed E-state index contributed by atoms with van der Waals surface area (Å²) in [6.45, 7) is 1.46. The van der Waals surface area contributed by atoms with Gasteiger partial charge in [-0.05, 0) is 29.5 Å². The van der Waals surface area contributed by atoms with Crippen LogP contribution in [-0.4, -0.2) is 19.0 Å². The van der Waals surface area contributed by atoms with Crippen molar-refractivity contribution in [1.82, 2.24) is 0 Å². The Kier molecular flexibility index (Phi) is 4.36. The first-order valence-electron chi connectivity index (χ1n) is 8.72. The quantitative estimate of drug-likeness (QED) is 0.729. The molecular formula is C22H22O2. The third kappa shape index (κ3) is 3.22. The first-order chi connectivity index (χ1) is 11.8. The zero-order valence-corrected chi connectivity index (χ0v) is 13.8. The van der Waals surface area contributed by atoms with Crippen molar-refractivity contribution in [3.05, 3.63) is 83.1 Å². The van der Waals surface area contributed by atoms with Crippen LogP contribution in [0.5, 0.6) is 0 Å². The molecule has 0 N–H and O–H groups in total. The first kappa shape index (κ1) is 15.4. The SMILES string of the molecule is C(=C1CCC2(CC1)OCCO2)=C(c1ccccc1)c1ccccc1. The maximum absolute atomic E-state index is 5.83. The van der Waals surface area contributed by atoms with Gasteiger partial charge in [-0.25, -0.2) is 0 Å². The number of allylic oxidation sites excluding steroid dienone is 1. The fourth-order valence-corrected chi connectivity index (χ4v) is 3.54. The third-order valence-electron chi connectivity index (χ3n) is 4.86. The predicted octanol–water partition coefficient (Wildman–Crippen LogP) is 4.96. The Bertz CT molecular complexity index is 696. The predicted molar refractivity (Wildman–Crippen MR) is 95.5 cm³/mol. The van der Waals surface area contributed by atoms with Crippen LogP contribution in [0.1, 0.15) is 36.8 Å². The smallest absolute Gasteiger partial charge is 0.169 e. The summed E-state index contributed by atoms with van der Waals surface area (Å²) in [6.07, 6.45) is 3.85. The molecule has 0 bridgehead atoms. The largest absolute Gasteiger partial charge is 0.348 e. The highest BCUT2D eigenvalue weighted by Gasteiger charge is 2.38. The topological polar surface area (TPSA) is 18.5 Å². The van der Waals surface area contributed by atoms with Crippen molar-refractivity contribution in [2.45, 2.75) is 31.5 Å². The van der Waals surface area contributed by atoms with Crippen molar-refractivity contribution in [2.24, 2.45) is 0 Å². The van der Waals surface area contributed by atoms with Crippen LogP contribution < -0.4 is 0 Å². The van der Waals surface area contributed by atoms with Gasteiger partial charge in [-0.1, -0.05) is 60.7 Å². The molecule has 0 radical (unpaired) electrons. The molecule has 1 saturated heterocycles. The minimum Gasteiger partial charge on any atom is -0.348 e. The summed E-state index contributed by atoms with van der Waals surface area (Å²) in [7, 11) is 0. The first-order valence-corrected chi connectivity index (χ1v) is 8.72. The monoisotopic (exact) mass is 318 g/mol. The average Bonchev–Trinajstić information content (AvgIpc) is 3.11. The Morgan fingerprint density at radius 1 is 0.750 bits per heavy atom. The molecule has 2 nitrogen and oxygen atoms in total. The standard InChI is InChI=1S/C22H22O2/c1-3-7-19(8-4-1)21(20-9-5-2-6-10-20)17-18-11-13-22(14-12-18)23-15-16-24-22/h1-10H,11-16H2. The molecule has 1 aliphatic heterocycles. The van der Waals surface area contributed by atoms with Crippen LogP contribution in [-0.2, 0) is 9.47 Å². The third-order valence-corrected chi connectivity index (χ3v) is 4.86. The van der Waals surface area contributed by atoms with E-state index in [1.807, 2.05) is 0 Å². The van der Waals surface area contributed by atoms with Gasteiger partial charge in [-0.2, -0.15) is 0 Å². The van der Waals surface area contributed by atoms with E-state index < -0.39 is 0 Å². The number of rotatable bonds is 2. The van der Waals surface area contributed by atoms with Gasteiger partial charge in [-0.3, -0.25) is 0 Å². The molecule has 0 unspecified atom stereocenters. The highest BCUT2D eigenvalue weighted by molar-refractivity contribution is 5.79. The lowest BCUT2D eigenvalue weighted by Crippen LogP contribution is -2.32. The lowest BCUT2D eigenvalue weighted by atomic mass is 9.88. The van der Waals surface area contributed by atoms with E-state index in [1.165, 1.54) is 22.3 Å². The molecule has 1 aliphatic carbocycles. The van der Waals surface area contributed by atoms with Gasteiger partial charge < -0.3 is 9.47 Å². The Labute approximate surface area is 143 Å². The van der Waals surface area contributed by atoms with Gasteiger partial charge in [0.25, 0.3) is 0 Å².